The van der Waals surface area contributed by atoms with Crippen LogP contribution >= 0.6 is 0 Å². The van der Waals surface area contributed by atoms with Crippen molar-refractivity contribution < 1.29 is 14.7 Å². The third kappa shape index (κ3) is 7.03. The lowest BCUT2D eigenvalue weighted by atomic mass is 9.85. The quantitative estimate of drug-likeness (QED) is 0.621. The highest BCUT2D eigenvalue weighted by atomic mass is 16.4. The van der Waals surface area contributed by atoms with Gasteiger partial charge in [0, 0.05) is 12.6 Å². The zero-order valence-corrected chi connectivity index (χ0v) is 12.2. The molecule has 0 bridgehead atoms. The largest absolute Gasteiger partial charge is 0.481 e. The van der Waals surface area contributed by atoms with E-state index in [0.717, 1.165) is 12.3 Å². The fraction of sp³-hybridized carbons (Fsp3) is 0.857. The molecule has 0 aliphatic heterocycles. The Bertz CT molecular complexity index is 319. The number of carboxylic acids is 1. The van der Waals surface area contributed by atoms with E-state index in [4.69, 9.17) is 5.11 Å². The van der Waals surface area contributed by atoms with E-state index in [1.54, 1.807) is 0 Å². The second-order valence-corrected chi connectivity index (χ2v) is 6.50. The molecule has 1 rings (SSSR count). The first-order valence-electron chi connectivity index (χ1n) is 7.05. The van der Waals surface area contributed by atoms with Gasteiger partial charge in [0.1, 0.15) is 0 Å². The molecule has 1 fully saturated rings. The van der Waals surface area contributed by atoms with Gasteiger partial charge in [-0.1, -0.05) is 33.6 Å². The van der Waals surface area contributed by atoms with Crippen molar-refractivity contribution in [2.45, 2.75) is 58.9 Å². The third-order valence-electron chi connectivity index (χ3n) is 3.50. The summed E-state index contributed by atoms with van der Waals surface area (Å²) in [5.41, 5.74) is -0.274. The highest BCUT2D eigenvalue weighted by molar-refractivity contribution is 5.75. The van der Waals surface area contributed by atoms with Crippen molar-refractivity contribution in [3.05, 3.63) is 0 Å². The summed E-state index contributed by atoms with van der Waals surface area (Å²) in [6, 6.07) is -0.634. The summed E-state index contributed by atoms with van der Waals surface area (Å²) in [6.07, 6.45) is 4.78. The minimum Gasteiger partial charge on any atom is -0.481 e. The Kier molecular flexibility index (Phi) is 5.63. The Labute approximate surface area is 115 Å². The minimum atomic E-state index is -0.894. The normalized spacial score (nSPS) is 16.8. The van der Waals surface area contributed by atoms with Gasteiger partial charge < -0.3 is 15.7 Å². The lowest BCUT2D eigenvalue weighted by molar-refractivity contribution is -0.138. The molecule has 0 saturated heterocycles. The van der Waals surface area contributed by atoms with E-state index in [1.165, 1.54) is 19.3 Å². The van der Waals surface area contributed by atoms with E-state index in [1.807, 2.05) is 20.8 Å². The highest BCUT2D eigenvalue weighted by Gasteiger charge is 2.28. The smallest absolute Gasteiger partial charge is 0.315 e. The Morgan fingerprint density at radius 2 is 1.95 bits per heavy atom. The number of aliphatic carboxylic acids is 1. The van der Waals surface area contributed by atoms with Crippen molar-refractivity contribution in [1.82, 2.24) is 10.6 Å². The number of hydrogen-bond acceptors (Lipinski definition) is 2. The summed E-state index contributed by atoms with van der Waals surface area (Å²) in [5, 5.41) is 14.4. The predicted molar refractivity (Wildman–Crippen MR) is 74.0 cm³/mol. The van der Waals surface area contributed by atoms with Gasteiger partial charge in [0.15, 0.2) is 0 Å². The van der Waals surface area contributed by atoms with Crippen LogP contribution in [0.2, 0.25) is 0 Å². The maximum Gasteiger partial charge on any atom is 0.315 e. The lowest BCUT2D eigenvalue weighted by Crippen LogP contribution is -2.49. The first-order chi connectivity index (χ1) is 8.79. The van der Waals surface area contributed by atoms with Crippen molar-refractivity contribution >= 4 is 12.0 Å². The molecular weight excluding hydrogens is 244 g/mol. The molecule has 19 heavy (non-hydrogen) atoms. The predicted octanol–water partition coefficient (Wildman–Crippen LogP) is 2.37. The van der Waals surface area contributed by atoms with Crippen LogP contribution in [0.5, 0.6) is 0 Å². The van der Waals surface area contributed by atoms with E-state index in [-0.39, 0.29) is 23.9 Å². The molecule has 1 saturated carbocycles. The molecule has 0 aromatic carbocycles. The van der Waals surface area contributed by atoms with E-state index < -0.39 is 5.97 Å². The monoisotopic (exact) mass is 270 g/mol. The van der Waals surface area contributed by atoms with Crippen molar-refractivity contribution in [3.63, 3.8) is 0 Å². The molecule has 0 aromatic heterocycles. The topological polar surface area (TPSA) is 78.4 Å². The molecule has 2 amide bonds. The van der Waals surface area contributed by atoms with Crippen molar-refractivity contribution in [3.8, 4) is 0 Å². The van der Waals surface area contributed by atoms with Crippen LogP contribution in [0.3, 0.4) is 0 Å². The Balaban J connectivity index is 2.26. The molecule has 1 aliphatic carbocycles. The van der Waals surface area contributed by atoms with Crippen LogP contribution in [0.4, 0.5) is 4.79 Å². The molecule has 110 valence electrons. The molecular formula is C14H26N2O3. The van der Waals surface area contributed by atoms with Crippen molar-refractivity contribution in [2.24, 2.45) is 11.3 Å². The van der Waals surface area contributed by atoms with Crippen LogP contribution < -0.4 is 10.6 Å². The molecule has 1 unspecified atom stereocenters. The van der Waals surface area contributed by atoms with Crippen LogP contribution in [0, 0.1) is 11.3 Å². The Morgan fingerprint density at radius 1 is 1.32 bits per heavy atom. The maximum atomic E-state index is 11.7. The summed E-state index contributed by atoms with van der Waals surface area (Å²) in [7, 11) is 0. The van der Waals surface area contributed by atoms with E-state index in [0.29, 0.717) is 6.54 Å². The van der Waals surface area contributed by atoms with Gasteiger partial charge in [0.05, 0.1) is 6.42 Å². The van der Waals surface area contributed by atoms with Crippen molar-refractivity contribution in [2.75, 3.05) is 6.54 Å². The molecule has 0 heterocycles. The molecule has 5 heteroatoms. The van der Waals surface area contributed by atoms with Crippen LogP contribution in [0.1, 0.15) is 52.9 Å². The van der Waals surface area contributed by atoms with Gasteiger partial charge in [-0.2, -0.15) is 0 Å². The zero-order chi connectivity index (χ0) is 14.5. The molecule has 3 N–H and O–H groups in total. The third-order valence-corrected chi connectivity index (χ3v) is 3.50. The summed E-state index contributed by atoms with van der Waals surface area (Å²) >= 11 is 0. The van der Waals surface area contributed by atoms with Gasteiger partial charge in [-0.15, -0.1) is 0 Å². The lowest BCUT2D eigenvalue weighted by Gasteiger charge is -2.30. The number of hydrogen-bond donors (Lipinski definition) is 3. The average molecular weight is 270 g/mol. The van der Waals surface area contributed by atoms with Crippen LogP contribution in [-0.4, -0.2) is 29.7 Å². The SMILES string of the molecule is CC(C)(C)C(CC(=O)O)NC(=O)NCCCC1CC1. The van der Waals surface area contributed by atoms with Gasteiger partial charge in [0.25, 0.3) is 0 Å². The zero-order valence-electron chi connectivity index (χ0n) is 12.2. The molecule has 1 aliphatic rings. The second kappa shape index (κ2) is 6.78. The van der Waals surface area contributed by atoms with Crippen LogP contribution in [-0.2, 0) is 4.79 Å². The number of rotatable bonds is 7. The van der Waals surface area contributed by atoms with Gasteiger partial charge in [-0.05, 0) is 24.2 Å². The fourth-order valence-electron chi connectivity index (χ4n) is 1.96. The van der Waals surface area contributed by atoms with Crippen LogP contribution in [0.25, 0.3) is 0 Å². The summed E-state index contributed by atoms with van der Waals surface area (Å²) in [4.78, 5) is 22.5. The molecule has 0 spiro atoms. The van der Waals surface area contributed by atoms with Gasteiger partial charge in [0.2, 0.25) is 0 Å². The first-order valence-corrected chi connectivity index (χ1v) is 7.05. The summed E-state index contributed by atoms with van der Waals surface area (Å²) < 4.78 is 0. The number of amides is 2. The second-order valence-electron chi connectivity index (χ2n) is 6.50. The molecule has 0 aromatic rings. The highest BCUT2D eigenvalue weighted by Crippen LogP contribution is 2.33. The van der Waals surface area contributed by atoms with E-state index in [2.05, 4.69) is 10.6 Å². The first kappa shape index (κ1) is 15.8. The summed E-state index contributed by atoms with van der Waals surface area (Å²) in [5.74, 6) is -0.0202. The fourth-order valence-corrected chi connectivity index (χ4v) is 1.96. The van der Waals surface area contributed by atoms with E-state index in [9.17, 15) is 9.59 Å². The minimum absolute atomic E-state index is 0.0566. The Morgan fingerprint density at radius 3 is 2.42 bits per heavy atom. The molecule has 0 radical (unpaired) electrons. The van der Waals surface area contributed by atoms with Gasteiger partial charge >= 0.3 is 12.0 Å². The van der Waals surface area contributed by atoms with Gasteiger partial charge in [-0.3, -0.25) is 4.79 Å². The average Bonchev–Trinajstić information content (AvgIpc) is 3.05. The number of carboxylic acid groups (broad SMARTS) is 1. The molecule has 5 nitrogen and oxygen atoms in total. The number of carbonyl (C=O) groups is 2. The Hall–Kier alpha value is -1.26. The van der Waals surface area contributed by atoms with Crippen LogP contribution in [0.15, 0.2) is 0 Å². The number of nitrogens with one attached hydrogen (secondary N) is 2. The molecule has 1 atom stereocenters. The standard InChI is InChI=1S/C14H26N2O3/c1-14(2,3)11(9-12(17)18)16-13(19)15-8-4-5-10-6-7-10/h10-11H,4-9H2,1-3H3,(H,17,18)(H2,15,16,19). The number of urea groups is 1. The van der Waals surface area contributed by atoms with Gasteiger partial charge in [-0.25, -0.2) is 4.79 Å². The maximum absolute atomic E-state index is 11.7. The van der Waals surface area contributed by atoms with E-state index >= 15 is 0 Å². The number of carbonyl (C=O) groups excluding carboxylic acids is 1. The van der Waals surface area contributed by atoms with Crippen molar-refractivity contribution in [1.29, 1.82) is 0 Å². The summed E-state index contributed by atoms with van der Waals surface area (Å²) in [6.45, 7) is 6.43.